The smallest absolute Gasteiger partial charge is 0.343 e. The Balaban J connectivity index is 0.984. The lowest BCUT2D eigenvalue weighted by Crippen LogP contribution is -2.13. The molecule has 99 heavy (non-hydrogen) atoms. The molecule has 21 heteroatoms. The number of ether oxygens (including phenoxy) is 11. The summed E-state index contributed by atoms with van der Waals surface area (Å²) in [5.74, 6) is -0.605. The van der Waals surface area contributed by atoms with Crippen molar-refractivity contribution in [2.45, 2.75) is 277 Å². The summed E-state index contributed by atoms with van der Waals surface area (Å²) in [6.07, 6.45) is 27.9. The standard InChI is InChI=1S/C78H118O21/c1-4-5-12-31-63-40-42-64(43-41-63)65-44-50-68(51-45-65)99-78(88)66-46-48-67(49-47-66)89-52-21-6-7-22-53-90-69(79)32-13-8-23-54-91-73(83)36-17-27-57-94-70(80)33-14-9-24-55-92-74(84)37-18-28-58-95-71(81)34-15-10-25-56-93-75(85)38-19-30-60-97-76(86)39-20-29-59-96-72(82)35-16-11-26-61-98-77(87)62(2)3/h44-51,63-64H,2,4-43,52-61H2,1,3H3/t63-,64-. The van der Waals surface area contributed by atoms with Crippen LogP contribution in [0, 0.1) is 5.92 Å². The minimum absolute atomic E-state index is 0.203. The van der Waals surface area contributed by atoms with E-state index in [4.69, 9.17) is 52.1 Å². The van der Waals surface area contributed by atoms with Crippen LogP contribution >= 0.6 is 0 Å². The molecule has 0 saturated heterocycles. The van der Waals surface area contributed by atoms with Gasteiger partial charge in [-0.05, 0) is 241 Å². The molecule has 1 saturated carbocycles. The van der Waals surface area contributed by atoms with Gasteiger partial charge >= 0.3 is 59.7 Å². The zero-order valence-corrected chi connectivity index (χ0v) is 59.9. The predicted molar refractivity (Wildman–Crippen MR) is 373 cm³/mol. The fourth-order valence-corrected chi connectivity index (χ4v) is 10.9. The van der Waals surface area contributed by atoms with Crippen molar-refractivity contribution < 1.29 is 100 Å². The average molecular weight is 1390 g/mol. The minimum atomic E-state index is -0.420. The summed E-state index contributed by atoms with van der Waals surface area (Å²) >= 11 is 0. The van der Waals surface area contributed by atoms with Gasteiger partial charge in [-0.1, -0.05) is 51.3 Å². The van der Waals surface area contributed by atoms with Crippen LogP contribution in [0.4, 0.5) is 0 Å². The van der Waals surface area contributed by atoms with Crippen molar-refractivity contribution >= 4 is 59.7 Å². The van der Waals surface area contributed by atoms with Crippen molar-refractivity contribution in [2.75, 3.05) is 66.1 Å². The Hall–Kier alpha value is -7.32. The van der Waals surface area contributed by atoms with Gasteiger partial charge in [0.05, 0.1) is 71.6 Å². The topological polar surface area (TPSA) is 272 Å². The van der Waals surface area contributed by atoms with Gasteiger partial charge in [0, 0.05) is 56.9 Å². The van der Waals surface area contributed by atoms with E-state index in [9.17, 15) is 47.9 Å². The Morgan fingerprint density at radius 2 is 0.626 bits per heavy atom. The van der Waals surface area contributed by atoms with Gasteiger partial charge < -0.3 is 52.1 Å². The van der Waals surface area contributed by atoms with Crippen LogP contribution in [-0.4, -0.2) is 126 Å². The molecular formula is C78H118O21. The van der Waals surface area contributed by atoms with Crippen molar-refractivity contribution in [2.24, 2.45) is 5.92 Å². The molecule has 3 rings (SSSR count). The van der Waals surface area contributed by atoms with Crippen molar-refractivity contribution in [3.05, 3.63) is 71.8 Å². The van der Waals surface area contributed by atoms with Crippen LogP contribution < -0.4 is 9.47 Å². The first kappa shape index (κ1) is 85.9. The first-order valence-corrected chi connectivity index (χ1v) is 37.2. The maximum atomic E-state index is 12.8. The van der Waals surface area contributed by atoms with Crippen molar-refractivity contribution in [1.29, 1.82) is 0 Å². The number of hydrogen-bond acceptors (Lipinski definition) is 21. The van der Waals surface area contributed by atoms with Crippen LogP contribution in [-0.2, 0) is 85.8 Å². The maximum absolute atomic E-state index is 12.8. The number of esters is 10. The molecule has 0 spiro atoms. The van der Waals surface area contributed by atoms with E-state index < -0.39 is 11.9 Å². The third-order valence-electron chi connectivity index (χ3n) is 16.9. The van der Waals surface area contributed by atoms with Crippen LogP contribution in [0.3, 0.4) is 0 Å². The molecule has 0 atom stereocenters. The molecule has 2 aromatic rings. The molecule has 0 aliphatic heterocycles. The second-order valence-corrected chi connectivity index (χ2v) is 25.7. The van der Waals surface area contributed by atoms with Crippen LogP contribution in [0.2, 0.25) is 0 Å². The van der Waals surface area contributed by atoms with Gasteiger partial charge in [-0.25, -0.2) is 9.59 Å². The van der Waals surface area contributed by atoms with Crippen molar-refractivity contribution in [3.8, 4) is 11.5 Å². The Kier molecular flexibility index (Phi) is 49.8. The molecule has 0 bridgehead atoms. The van der Waals surface area contributed by atoms with E-state index >= 15 is 0 Å². The molecule has 2 aromatic carbocycles. The molecule has 0 amide bonds. The summed E-state index contributed by atoms with van der Waals surface area (Å²) in [6, 6.07) is 15.0. The number of benzene rings is 2. The van der Waals surface area contributed by atoms with E-state index in [2.05, 4.69) is 25.6 Å². The fourth-order valence-electron chi connectivity index (χ4n) is 10.9. The van der Waals surface area contributed by atoms with E-state index in [1.807, 2.05) is 12.1 Å². The van der Waals surface area contributed by atoms with Crippen LogP contribution in [0.5, 0.6) is 11.5 Å². The summed E-state index contributed by atoms with van der Waals surface area (Å²) in [4.78, 5) is 121. The zero-order valence-electron chi connectivity index (χ0n) is 59.9. The molecule has 21 nitrogen and oxygen atoms in total. The highest BCUT2D eigenvalue weighted by molar-refractivity contribution is 5.91. The highest BCUT2D eigenvalue weighted by atomic mass is 16.6. The number of hydrogen-bond donors (Lipinski definition) is 0. The Labute approximate surface area is 589 Å². The van der Waals surface area contributed by atoms with Crippen molar-refractivity contribution in [3.63, 3.8) is 0 Å². The molecule has 0 radical (unpaired) electrons. The molecule has 1 aliphatic rings. The van der Waals surface area contributed by atoms with Gasteiger partial charge in [-0.15, -0.1) is 0 Å². The van der Waals surface area contributed by atoms with E-state index in [1.165, 1.54) is 56.9 Å². The largest absolute Gasteiger partial charge is 0.494 e. The molecule has 0 heterocycles. The quantitative estimate of drug-likeness (QED) is 0.0196. The van der Waals surface area contributed by atoms with Gasteiger partial charge in [0.15, 0.2) is 0 Å². The highest BCUT2D eigenvalue weighted by Crippen LogP contribution is 2.38. The zero-order chi connectivity index (χ0) is 71.6. The normalized spacial score (nSPS) is 13.3. The first-order valence-electron chi connectivity index (χ1n) is 37.2. The summed E-state index contributed by atoms with van der Waals surface area (Å²) in [5.41, 5.74) is 2.15. The van der Waals surface area contributed by atoms with Gasteiger partial charge in [0.1, 0.15) is 11.5 Å². The summed E-state index contributed by atoms with van der Waals surface area (Å²) in [6.45, 7) is 10.2. The number of rotatable bonds is 60. The molecule has 1 aliphatic carbocycles. The SMILES string of the molecule is C=C(C)C(=O)OCCCCCC(=O)OCCCCC(=O)OCCCCC(=O)OCCCCCC(=O)OCCCCC(=O)OCCCCCC(=O)OCCCCC(=O)OCCCCCC(=O)OCCCCCCOc1ccc(C(=O)Oc2ccc([C@H]3CC[C@H](CCCCC)CC3)cc2)cc1. The molecule has 1 fully saturated rings. The number of unbranched alkanes of at least 4 members (excludes halogenated alkanes) is 17. The summed E-state index contributed by atoms with van der Waals surface area (Å²) in [7, 11) is 0. The van der Waals surface area contributed by atoms with E-state index in [0.29, 0.717) is 164 Å². The van der Waals surface area contributed by atoms with Gasteiger partial charge in [-0.3, -0.25) is 38.4 Å². The summed E-state index contributed by atoms with van der Waals surface area (Å²) in [5, 5.41) is 0. The molecule has 0 aromatic heterocycles. The van der Waals surface area contributed by atoms with Gasteiger partial charge in [0.2, 0.25) is 0 Å². The first-order chi connectivity index (χ1) is 48.1. The Morgan fingerprint density at radius 1 is 0.333 bits per heavy atom. The predicted octanol–water partition coefficient (Wildman–Crippen LogP) is 16.1. The molecular weight excluding hydrogens is 1270 g/mol. The third kappa shape index (κ3) is 47.4. The minimum Gasteiger partial charge on any atom is -0.494 e. The average Bonchev–Trinajstić information content (AvgIpc) is 0.876. The fraction of sp³-hybridized carbons (Fsp3) is 0.692. The Bertz CT molecular complexity index is 2590. The second kappa shape index (κ2) is 57.4. The van der Waals surface area contributed by atoms with Crippen LogP contribution in [0.15, 0.2) is 60.7 Å². The van der Waals surface area contributed by atoms with E-state index in [0.717, 1.165) is 44.4 Å². The number of carbonyl (C=O) groups excluding carboxylic acids is 10. The summed E-state index contributed by atoms with van der Waals surface area (Å²) < 4.78 is 58.7. The van der Waals surface area contributed by atoms with Crippen LogP contribution in [0.25, 0.3) is 0 Å². The maximum Gasteiger partial charge on any atom is 0.343 e. The molecule has 0 N–H and O–H groups in total. The van der Waals surface area contributed by atoms with Gasteiger partial charge in [0.25, 0.3) is 0 Å². The number of carbonyl (C=O) groups is 10. The molecule has 0 unspecified atom stereocenters. The lowest BCUT2D eigenvalue weighted by Gasteiger charge is -2.29. The second-order valence-electron chi connectivity index (χ2n) is 25.7. The van der Waals surface area contributed by atoms with E-state index in [1.54, 1.807) is 31.2 Å². The van der Waals surface area contributed by atoms with E-state index in [-0.39, 0.29) is 146 Å². The lowest BCUT2D eigenvalue weighted by atomic mass is 9.77. The third-order valence-corrected chi connectivity index (χ3v) is 16.9. The molecule has 556 valence electrons. The van der Waals surface area contributed by atoms with Crippen LogP contribution in [0.1, 0.15) is 293 Å². The monoisotopic (exact) mass is 1390 g/mol. The Morgan fingerprint density at radius 3 is 0.960 bits per heavy atom. The lowest BCUT2D eigenvalue weighted by molar-refractivity contribution is -0.146. The highest BCUT2D eigenvalue weighted by Gasteiger charge is 2.23. The van der Waals surface area contributed by atoms with Gasteiger partial charge in [-0.2, -0.15) is 0 Å². The van der Waals surface area contributed by atoms with Crippen molar-refractivity contribution in [1.82, 2.24) is 0 Å².